The average Bonchev–Trinajstić information content (AvgIpc) is 2.41. The molecule has 0 unspecified atom stereocenters. The Morgan fingerprint density at radius 2 is 1.80 bits per heavy atom. The van der Waals surface area contributed by atoms with Crippen molar-refractivity contribution in [3.63, 3.8) is 0 Å². The van der Waals surface area contributed by atoms with E-state index in [-0.39, 0.29) is 24.1 Å². The van der Waals surface area contributed by atoms with Gasteiger partial charge in [-0.25, -0.2) is 4.39 Å². The van der Waals surface area contributed by atoms with E-state index >= 15 is 0 Å². The van der Waals surface area contributed by atoms with Crippen molar-refractivity contribution in [2.45, 2.75) is 20.0 Å². The fourth-order valence-electron chi connectivity index (χ4n) is 1.86. The van der Waals surface area contributed by atoms with Crippen LogP contribution in [0, 0.1) is 5.82 Å². The molecule has 104 valence electrons. The van der Waals surface area contributed by atoms with Gasteiger partial charge >= 0.3 is 5.97 Å². The normalized spacial score (nSPS) is 10.3. The van der Waals surface area contributed by atoms with Crippen molar-refractivity contribution in [1.82, 2.24) is 0 Å². The number of hydrogen-bond donors (Lipinski definition) is 1. The Labute approximate surface area is 116 Å². The van der Waals surface area contributed by atoms with Crippen LogP contribution in [0.4, 0.5) is 4.39 Å². The van der Waals surface area contributed by atoms with Crippen LogP contribution in [0.2, 0.25) is 0 Å². The smallest absolute Gasteiger partial charge is 0.302 e. The monoisotopic (exact) mass is 274 g/mol. The molecule has 1 N–H and O–H groups in total. The van der Waals surface area contributed by atoms with Crippen LogP contribution in [0.1, 0.15) is 23.6 Å². The first-order valence-electron chi connectivity index (χ1n) is 6.23. The summed E-state index contributed by atoms with van der Waals surface area (Å²) >= 11 is 0. The molecule has 0 heterocycles. The number of hydrogen-bond acceptors (Lipinski definition) is 3. The van der Waals surface area contributed by atoms with Gasteiger partial charge in [0.25, 0.3) is 0 Å². The molecule has 0 bridgehead atoms. The van der Waals surface area contributed by atoms with E-state index in [9.17, 15) is 14.3 Å². The first-order chi connectivity index (χ1) is 9.54. The van der Waals surface area contributed by atoms with E-state index in [4.69, 9.17) is 4.74 Å². The molecule has 0 fully saturated rings. The third-order valence-electron chi connectivity index (χ3n) is 2.90. The lowest BCUT2D eigenvalue weighted by Crippen LogP contribution is -1.99. The maximum atomic E-state index is 12.8. The van der Waals surface area contributed by atoms with Crippen molar-refractivity contribution in [3.8, 4) is 5.75 Å². The molecule has 0 aliphatic rings. The van der Waals surface area contributed by atoms with Crippen molar-refractivity contribution in [3.05, 3.63) is 65.0 Å². The topological polar surface area (TPSA) is 46.5 Å². The van der Waals surface area contributed by atoms with Crippen LogP contribution in [0.5, 0.6) is 5.75 Å². The molecular weight excluding hydrogens is 259 g/mol. The molecule has 0 spiro atoms. The molecule has 0 aliphatic heterocycles. The molecule has 2 rings (SSSR count). The van der Waals surface area contributed by atoms with Crippen LogP contribution in [-0.2, 0) is 22.6 Å². The second kappa shape index (κ2) is 6.19. The van der Waals surface area contributed by atoms with E-state index in [1.54, 1.807) is 30.3 Å². The van der Waals surface area contributed by atoms with Crippen molar-refractivity contribution >= 4 is 5.97 Å². The number of phenolic OH excluding ortho intramolecular Hbond substituents is 1. The molecule has 0 saturated carbocycles. The number of esters is 1. The molecule has 20 heavy (non-hydrogen) atoms. The second-order valence-corrected chi connectivity index (χ2v) is 4.55. The van der Waals surface area contributed by atoms with E-state index in [1.165, 1.54) is 19.1 Å². The number of phenols is 1. The fraction of sp³-hybridized carbons (Fsp3) is 0.188. The summed E-state index contributed by atoms with van der Waals surface area (Å²) in [5, 5.41) is 9.96. The Balaban J connectivity index is 2.09. The number of benzene rings is 2. The van der Waals surface area contributed by atoms with E-state index in [0.717, 1.165) is 16.7 Å². The van der Waals surface area contributed by atoms with Crippen molar-refractivity contribution in [2.24, 2.45) is 0 Å². The Morgan fingerprint density at radius 3 is 2.40 bits per heavy atom. The first-order valence-corrected chi connectivity index (χ1v) is 6.23. The average molecular weight is 274 g/mol. The zero-order valence-corrected chi connectivity index (χ0v) is 11.1. The van der Waals surface area contributed by atoms with Gasteiger partial charge in [0.1, 0.15) is 18.2 Å². The van der Waals surface area contributed by atoms with Crippen LogP contribution in [-0.4, -0.2) is 11.1 Å². The van der Waals surface area contributed by atoms with Crippen LogP contribution in [0.25, 0.3) is 0 Å². The van der Waals surface area contributed by atoms with Crippen molar-refractivity contribution < 1.29 is 19.0 Å². The maximum absolute atomic E-state index is 12.8. The predicted molar refractivity (Wildman–Crippen MR) is 72.8 cm³/mol. The van der Waals surface area contributed by atoms with E-state index in [0.29, 0.717) is 6.42 Å². The maximum Gasteiger partial charge on any atom is 0.302 e. The predicted octanol–water partition coefficient (Wildman–Crippen LogP) is 3.19. The summed E-state index contributed by atoms with van der Waals surface area (Å²) in [7, 11) is 0. The van der Waals surface area contributed by atoms with Crippen LogP contribution < -0.4 is 0 Å². The van der Waals surface area contributed by atoms with Gasteiger partial charge in [0.2, 0.25) is 0 Å². The number of aromatic hydroxyl groups is 1. The molecule has 0 atom stereocenters. The van der Waals surface area contributed by atoms with Gasteiger partial charge in [-0.05, 0) is 34.9 Å². The van der Waals surface area contributed by atoms with Gasteiger partial charge in [0.15, 0.2) is 0 Å². The number of carbonyl (C=O) groups excluding carboxylic acids is 1. The van der Waals surface area contributed by atoms with E-state index < -0.39 is 0 Å². The largest absolute Gasteiger partial charge is 0.508 e. The zero-order chi connectivity index (χ0) is 14.5. The highest BCUT2D eigenvalue weighted by molar-refractivity contribution is 5.65. The molecule has 0 aromatic heterocycles. The standard InChI is InChI=1S/C16H15FO3/c1-11(18)20-10-13-2-5-14(16(19)9-13)8-12-3-6-15(17)7-4-12/h2-7,9,19H,8,10H2,1H3. The summed E-state index contributed by atoms with van der Waals surface area (Å²) in [5.74, 6) is -0.506. The minimum atomic E-state index is -0.361. The molecule has 0 aliphatic carbocycles. The molecule has 4 heteroatoms. The third-order valence-corrected chi connectivity index (χ3v) is 2.90. The highest BCUT2D eigenvalue weighted by Gasteiger charge is 2.05. The minimum Gasteiger partial charge on any atom is -0.508 e. The van der Waals surface area contributed by atoms with Gasteiger partial charge in [-0.1, -0.05) is 24.3 Å². The summed E-state index contributed by atoms with van der Waals surface area (Å²) in [6.45, 7) is 1.47. The molecule has 2 aromatic carbocycles. The van der Waals surface area contributed by atoms with Gasteiger partial charge in [-0.3, -0.25) is 4.79 Å². The van der Waals surface area contributed by atoms with Gasteiger partial charge < -0.3 is 9.84 Å². The molecule has 2 aromatic rings. The summed E-state index contributed by atoms with van der Waals surface area (Å²) < 4.78 is 17.7. The Hall–Kier alpha value is -2.36. The molecule has 3 nitrogen and oxygen atoms in total. The third kappa shape index (κ3) is 3.82. The summed E-state index contributed by atoms with van der Waals surface area (Å²) in [5.41, 5.74) is 2.37. The molecular formula is C16H15FO3. The molecule has 0 radical (unpaired) electrons. The van der Waals surface area contributed by atoms with E-state index in [1.807, 2.05) is 0 Å². The minimum absolute atomic E-state index is 0.138. The van der Waals surface area contributed by atoms with Crippen LogP contribution >= 0.6 is 0 Å². The number of halogens is 1. The van der Waals surface area contributed by atoms with Crippen molar-refractivity contribution in [2.75, 3.05) is 0 Å². The zero-order valence-electron chi connectivity index (χ0n) is 11.1. The van der Waals surface area contributed by atoms with Gasteiger partial charge in [-0.15, -0.1) is 0 Å². The Morgan fingerprint density at radius 1 is 1.15 bits per heavy atom. The number of ether oxygens (including phenoxy) is 1. The lowest BCUT2D eigenvalue weighted by Gasteiger charge is -2.08. The first kappa shape index (κ1) is 14.1. The number of carbonyl (C=O) groups is 1. The Bertz CT molecular complexity index is 606. The van der Waals surface area contributed by atoms with Gasteiger partial charge in [-0.2, -0.15) is 0 Å². The lowest BCUT2D eigenvalue weighted by atomic mass is 10.0. The van der Waals surface area contributed by atoms with Gasteiger partial charge in [0, 0.05) is 13.3 Å². The van der Waals surface area contributed by atoms with Crippen LogP contribution in [0.3, 0.4) is 0 Å². The fourth-order valence-corrected chi connectivity index (χ4v) is 1.86. The SMILES string of the molecule is CC(=O)OCc1ccc(Cc2ccc(F)cc2)c(O)c1. The summed E-state index contributed by atoms with van der Waals surface area (Å²) in [4.78, 5) is 10.7. The molecule has 0 amide bonds. The summed E-state index contributed by atoms with van der Waals surface area (Å²) in [6, 6.07) is 11.3. The Kier molecular flexibility index (Phi) is 4.35. The quantitative estimate of drug-likeness (QED) is 0.871. The second-order valence-electron chi connectivity index (χ2n) is 4.55. The van der Waals surface area contributed by atoms with Crippen molar-refractivity contribution in [1.29, 1.82) is 0 Å². The highest BCUT2D eigenvalue weighted by Crippen LogP contribution is 2.22. The highest BCUT2D eigenvalue weighted by atomic mass is 19.1. The number of rotatable bonds is 4. The van der Waals surface area contributed by atoms with Crippen LogP contribution in [0.15, 0.2) is 42.5 Å². The van der Waals surface area contributed by atoms with E-state index in [2.05, 4.69) is 0 Å². The van der Waals surface area contributed by atoms with Gasteiger partial charge in [0.05, 0.1) is 0 Å². The lowest BCUT2D eigenvalue weighted by molar-refractivity contribution is -0.142. The summed E-state index contributed by atoms with van der Waals surface area (Å²) in [6.07, 6.45) is 0.514. The molecule has 0 saturated heterocycles.